The Bertz CT molecular complexity index is 727. The van der Waals surface area contributed by atoms with Crippen LogP contribution in [0.5, 0.6) is 11.5 Å². The molecule has 1 aromatic rings. The van der Waals surface area contributed by atoms with E-state index in [4.69, 9.17) is 14.2 Å². The van der Waals surface area contributed by atoms with E-state index in [2.05, 4.69) is 5.32 Å². The third-order valence-corrected chi connectivity index (χ3v) is 4.12. The smallest absolute Gasteiger partial charge is 0.437 e. The molecular weight excluding hydrogens is 373 g/mol. The summed E-state index contributed by atoms with van der Waals surface area (Å²) in [5, 5.41) is 13.9. The van der Waals surface area contributed by atoms with Crippen molar-refractivity contribution in [3.8, 4) is 11.5 Å². The summed E-state index contributed by atoms with van der Waals surface area (Å²) >= 11 is 0. The van der Waals surface area contributed by atoms with Crippen molar-refractivity contribution in [1.82, 2.24) is 10.6 Å². The first-order valence-electron chi connectivity index (χ1n) is 7.86. The maximum Gasteiger partial charge on any atom is 0.437 e. The summed E-state index contributed by atoms with van der Waals surface area (Å²) in [7, 11) is 2.57. The number of methoxy groups -OCH3 is 2. The van der Waals surface area contributed by atoms with Gasteiger partial charge in [0.1, 0.15) is 5.92 Å². The van der Waals surface area contributed by atoms with Gasteiger partial charge < -0.3 is 30.0 Å². The first kappa shape index (κ1) is 20.6. The fourth-order valence-corrected chi connectivity index (χ4v) is 2.95. The fraction of sp³-hybridized carbons (Fsp3) is 0.500. The number of hydrogen-bond acceptors (Lipinski definition) is 6. The molecule has 3 atom stereocenters. The fourth-order valence-electron chi connectivity index (χ4n) is 2.95. The number of carbonyl (C=O) groups excluding carboxylic acids is 2. The number of aliphatic hydroxyl groups is 1. The van der Waals surface area contributed by atoms with Crippen LogP contribution in [0.2, 0.25) is 0 Å². The zero-order chi connectivity index (χ0) is 20.4. The SMILES string of the molecule is CCOC(=O)[C@H]1[C@@H](c2cccc(OC)c2OC)NC(=O)N[C@@]1(O)C(F)(F)F. The minimum absolute atomic E-state index is 0.00558. The summed E-state index contributed by atoms with van der Waals surface area (Å²) in [4.78, 5) is 24.2. The van der Waals surface area contributed by atoms with Crippen LogP contribution in [0.25, 0.3) is 0 Å². The molecule has 0 spiro atoms. The highest BCUT2D eigenvalue weighted by atomic mass is 19.4. The summed E-state index contributed by atoms with van der Waals surface area (Å²) in [6, 6.07) is 1.36. The van der Waals surface area contributed by atoms with Crippen molar-refractivity contribution < 1.29 is 42.1 Å². The Morgan fingerprint density at radius 1 is 1.30 bits per heavy atom. The number of ether oxygens (including phenoxy) is 3. The van der Waals surface area contributed by atoms with Gasteiger partial charge in [0, 0.05) is 5.56 Å². The highest BCUT2D eigenvalue weighted by molar-refractivity contribution is 5.83. The van der Waals surface area contributed by atoms with E-state index in [-0.39, 0.29) is 23.7 Å². The van der Waals surface area contributed by atoms with Crippen LogP contribution in [-0.2, 0) is 9.53 Å². The Morgan fingerprint density at radius 3 is 2.48 bits per heavy atom. The summed E-state index contributed by atoms with van der Waals surface area (Å²) in [6.45, 7) is 1.18. The summed E-state index contributed by atoms with van der Waals surface area (Å²) in [5.41, 5.74) is -3.84. The van der Waals surface area contributed by atoms with Gasteiger partial charge in [-0.1, -0.05) is 12.1 Å². The Labute approximate surface area is 152 Å². The van der Waals surface area contributed by atoms with E-state index >= 15 is 0 Å². The van der Waals surface area contributed by atoms with Crippen LogP contribution in [0.3, 0.4) is 0 Å². The van der Waals surface area contributed by atoms with Gasteiger partial charge in [-0.05, 0) is 13.0 Å². The van der Waals surface area contributed by atoms with Gasteiger partial charge in [0.05, 0.1) is 26.9 Å². The molecule has 8 nitrogen and oxygen atoms in total. The van der Waals surface area contributed by atoms with Gasteiger partial charge in [-0.25, -0.2) is 4.79 Å². The monoisotopic (exact) mass is 392 g/mol. The van der Waals surface area contributed by atoms with E-state index in [9.17, 15) is 27.9 Å². The molecule has 0 aliphatic carbocycles. The van der Waals surface area contributed by atoms with Crippen molar-refractivity contribution in [2.75, 3.05) is 20.8 Å². The van der Waals surface area contributed by atoms with Crippen LogP contribution < -0.4 is 20.1 Å². The number of carbonyl (C=O) groups is 2. The molecule has 150 valence electrons. The minimum Gasteiger partial charge on any atom is -0.493 e. The average Bonchev–Trinajstić information content (AvgIpc) is 2.59. The standard InChI is InChI=1S/C16H19F3N2O6/c1-4-27-13(22)10-11(8-6-5-7-9(25-2)12(8)26-3)20-14(23)21-15(10,24)16(17,18)19/h5-7,10-11,24H,4H2,1-3H3,(H2,20,21,23)/t10-,11-,15+/m1/s1. The molecule has 1 heterocycles. The van der Waals surface area contributed by atoms with Crippen LogP contribution in [-0.4, -0.2) is 49.8 Å². The number of amides is 2. The highest BCUT2D eigenvalue weighted by Crippen LogP contribution is 2.46. The minimum atomic E-state index is -5.35. The number of benzene rings is 1. The van der Waals surface area contributed by atoms with E-state index in [0.29, 0.717) is 0 Å². The van der Waals surface area contributed by atoms with Gasteiger partial charge in [0.15, 0.2) is 11.5 Å². The predicted molar refractivity (Wildman–Crippen MR) is 85.1 cm³/mol. The molecule has 0 aromatic heterocycles. The van der Waals surface area contributed by atoms with Crippen LogP contribution in [0.1, 0.15) is 18.5 Å². The molecule has 3 N–H and O–H groups in total. The number of urea groups is 1. The molecule has 1 aliphatic heterocycles. The summed E-state index contributed by atoms with van der Waals surface area (Å²) < 4.78 is 55.8. The molecular formula is C16H19F3N2O6. The zero-order valence-electron chi connectivity index (χ0n) is 14.7. The van der Waals surface area contributed by atoms with Gasteiger partial charge in [0.2, 0.25) is 0 Å². The molecule has 1 aromatic carbocycles. The van der Waals surface area contributed by atoms with Crippen molar-refractivity contribution in [2.24, 2.45) is 5.92 Å². The number of esters is 1. The van der Waals surface area contributed by atoms with Gasteiger partial charge in [-0.3, -0.25) is 4.79 Å². The Balaban J connectivity index is 2.68. The van der Waals surface area contributed by atoms with Crippen LogP contribution in [0.15, 0.2) is 18.2 Å². The third-order valence-electron chi connectivity index (χ3n) is 4.12. The van der Waals surface area contributed by atoms with E-state index < -0.39 is 35.9 Å². The van der Waals surface area contributed by atoms with Crippen LogP contribution in [0.4, 0.5) is 18.0 Å². The largest absolute Gasteiger partial charge is 0.493 e. The molecule has 0 radical (unpaired) electrons. The van der Waals surface area contributed by atoms with E-state index in [1.807, 2.05) is 0 Å². The number of halogens is 3. The second-order valence-electron chi connectivity index (χ2n) is 5.65. The second-order valence-corrected chi connectivity index (χ2v) is 5.65. The van der Waals surface area contributed by atoms with Gasteiger partial charge >= 0.3 is 18.2 Å². The van der Waals surface area contributed by atoms with Crippen molar-refractivity contribution in [3.05, 3.63) is 23.8 Å². The summed E-state index contributed by atoms with van der Waals surface area (Å²) in [6.07, 6.45) is -5.35. The molecule has 11 heteroatoms. The molecule has 27 heavy (non-hydrogen) atoms. The highest BCUT2D eigenvalue weighted by Gasteiger charge is 2.67. The van der Waals surface area contributed by atoms with Gasteiger partial charge in [-0.2, -0.15) is 13.2 Å². The first-order chi connectivity index (χ1) is 12.6. The Hall–Kier alpha value is -2.69. The molecule has 2 amide bonds. The molecule has 1 saturated heterocycles. The quantitative estimate of drug-likeness (QED) is 0.656. The molecule has 1 fully saturated rings. The van der Waals surface area contributed by atoms with Crippen molar-refractivity contribution >= 4 is 12.0 Å². The number of rotatable bonds is 5. The van der Waals surface area contributed by atoms with E-state index in [0.717, 1.165) is 0 Å². The lowest BCUT2D eigenvalue weighted by atomic mass is 9.81. The topological polar surface area (TPSA) is 106 Å². The second kappa shape index (κ2) is 7.51. The van der Waals surface area contributed by atoms with Gasteiger partial charge in [-0.15, -0.1) is 0 Å². The molecule has 0 saturated carbocycles. The molecule has 2 rings (SSSR count). The average molecular weight is 392 g/mol. The van der Waals surface area contributed by atoms with Crippen LogP contribution in [0, 0.1) is 5.92 Å². The normalized spacial score (nSPS) is 25.2. The lowest BCUT2D eigenvalue weighted by Crippen LogP contribution is -2.73. The first-order valence-corrected chi connectivity index (χ1v) is 7.86. The predicted octanol–water partition coefficient (Wildman–Crippen LogP) is 1.49. The van der Waals surface area contributed by atoms with Gasteiger partial charge in [0.25, 0.3) is 5.72 Å². The van der Waals surface area contributed by atoms with E-state index in [1.54, 1.807) is 0 Å². The number of hydrogen-bond donors (Lipinski definition) is 3. The van der Waals surface area contributed by atoms with Crippen molar-refractivity contribution in [3.63, 3.8) is 0 Å². The molecule has 1 aliphatic rings. The third kappa shape index (κ3) is 3.59. The number of nitrogens with one attached hydrogen (secondary N) is 2. The van der Waals surface area contributed by atoms with Crippen molar-refractivity contribution in [2.45, 2.75) is 24.9 Å². The van der Waals surface area contributed by atoms with Crippen LogP contribution >= 0.6 is 0 Å². The lowest BCUT2D eigenvalue weighted by molar-refractivity contribution is -0.294. The zero-order valence-corrected chi connectivity index (χ0v) is 14.7. The number of alkyl halides is 3. The maximum atomic E-state index is 13.6. The Morgan fingerprint density at radius 2 is 1.96 bits per heavy atom. The lowest BCUT2D eigenvalue weighted by Gasteiger charge is -2.44. The number of para-hydroxylation sites is 1. The van der Waals surface area contributed by atoms with Crippen molar-refractivity contribution in [1.29, 1.82) is 0 Å². The Kier molecular flexibility index (Phi) is 5.73. The maximum absolute atomic E-state index is 13.6. The molecule has 0 unspecified atom stereocenters. The molecule has 0 bridgehead atoms. The van der Waals surface area contributed by atoms with E-state index in [1.165, 1.54) is 44.7 Å². The summed E-state index contributed by atoms with van der Waals surface area (Å²) in [5.74, 6) is -3.41.